The fraction of sp³-hybridized carbons (Fsp3) is 0.607. The number of likely N-dealkylation sites (tertiary alicyclic amines) is 1. The third-order valence-electron chi connectivity index (χ3n) is 8.25. The molecule has 2 amide bonds. The normalized spacial score (nSPS) is 22.8. The Hall–Kier alpha value is -2.50. The molecule has 1 aromatic heterocycles. The molecule has 2 heterocycles. The summed E-state index contributed by atoms with van der Waals surface area (Å²) in [6.45, 7) is 0.457. The molecule has 212 valence electrons. The van der Waals surface area contributed by atoms with Crippen molar-refractivity contribution in [3.63, 3.8) is 0 Å². The number of nitrogens with two attached hydrogens (primary N) is 1. The lowest BCUT2D eigenvalue weighted by Crippen LogP contribution is -2.55. The van der Waals surface area contributed by atoms with Crippen LogP contribution in [-0.4, -0.2) is 54.8 Å². The van der Waals surface area contributed by atoms with E-state index in [1.807, 2.05) is 6.07 Å². The Bertz CT molecular complexity index is 1260. The summed E-state index contributed by atoms with van der Waals surface area (Å²) >= 11 is 1.47. The highest BCUT2D eigenvalue weighted by molar-refractivity contribution is 7.88. The summed E-state index contributed by atoms with van der Waals surface area (Å²) in [6, 6.07) is 7.52. The molecule has 1 saturated heterocycles. The number of hydrogen-bond acceptors (Lipinski definition) is 7. The number of nitrogen functional groups attached to an aromatic ring is 1. The average Bonchev–Trinajstić information content (AvgIpc) is 3.54. The van der Waals surface area contributed by atoms with Gasteiger partial charge in [0.15, 0.2) is 5.13 Å². The summed E-state index contributed by atoms with van der Waals surface area (Å²) in [5.74, 6) is -0.325. The van der Waals surface area contributed by atoms with Crippen molar-refractivity contribution < 1.29 is 18.0 Å². The summed E-state index contributed by atoms with van der Waals surface area (Å²) in [5, 5.41) is 3.72. The Morgan fingerprint density at radius 1 is 1.08 bits per heavy atom. The number of amides is 2. The molecule has 4 N–H and O–H groups in total. The minimum Gasteiger partial charge on any atom is -0.375 e. The van der Waals surface area contributed by atoms with Crippen molar-refractivity contribution in [3.05, 3.63) is 46.5 Å². The van der Waals surface area contributed by atoms with Gasteiger partial charge in [-0.3, -0.25) is 9.59 Å². The summed E-state index contributed by atoms with van der Waals surface area (Å²) in [4.78, 5) is 34.4. The first-order chi connectivity index (χ1) is 18.8. The summed E-state index contributed by atoms with van der Waals surface area (Å²) in [7, 11) is -3.76. The quantitative estimate of drug-likeness (QED) is 0.422. The van der Waals surface area contributed by atoms with Crippen molar-refractivity contribution in [1.29, 1.82) is 0 Å². The average molecular weight is 574 g/mol. The summed E-state index contributed by atoms with van der Waals surface area (Å²) < 4.78 is 29.1. The first-order valence-electron chi connectivity index (χ1n) is 14.2. The summed E-state index contributed by atoms with van der Waals surface area (Å²) in [5.41, 5.74) is 7.56. The van der Waals surface area contributed by atoms with E-state index in [1.165, 1.54) is 17.8 Å². The highest BCUT2D eigenvalue weighted by Crippen LogP contribution is 2.30. The molecule has 1 unspecified atom stereocenters. The van der Waals surface area contributed by atoms with Crippen molar-refractivity contribution >= 4 is 38.3 Å². The molecule has 3 aliphatic rings. The van der Waals surface area contributed by atoms with Gasteiger partial charge in [0.1, 0.15) is 12.1 Å². The van der Waals surface area contributed by atoms with Crippen molar-refractivity contribution in [2.75, 3.05) is 12.3 Å². The molecule has 2 aromatic rings. The van der Waals surface area contributed by atoms with Crippen molar-refractivity contribution in [2.45, 2.75) is 94.5 Å². The van der Waals surface area contributed by atoms with Crippen LogP contribution in [0.5, 0.6) is 0 Å². The second-order valence-electron chi connectivity index (χ2n) is 11.2. The molecule has 39 heavy (non-hydrogen) atoms. The van der Waals surface area contributed by atoms with Crippen LogP contribution in [0.4, 0.5) is 5.13 Å². The fourth-order valence-corrected chi connectivity index (χ4v) is 8.63. The molecule has 1 aromatic carbocycles. The van der Waals surface area contributed by atoms with Gasteiger partial charge in [0, 0.05) is 23.9 Å². The van der Waals surface area contributed by atoms with E-state index in [0.29, 0.717) is 42.4 Å². The maximum atomic E-state index is 13.9. The van der Waals surface area contributed by atoms with Crippen molar-refractivity contribution in [3.8, 4) is 0 Å². The number of benzene rings is 1. The van der Waals surface area contributed by atoms with Crippen LogP contribution >= 0.6 is 11.3 Å². The zero-order valence-electron chi connectivity index (χ0n) is 22.3. The van der Waals surface area contributed by atoms with Gasteiger partial charge in [-0.1, -0.05) is 62.4 Å². The zero-order valence-corrected chi connectivity index (χ0v) is 23.9. The number of rotatable bonds is 9. The van der Waals surface area contributed by atoms with Crippen LogP contribution in [0, 0.1) is 5.92 Å². The summed E-state index contributed by atoms with van der Waals surface area (Å²) in [6.07, 6.45) is 9.40. The Morgan fingerprint density at radius 3 is 2.62 bits per heavy atom. The minimum absolute atomic E-state index is 0.0233. The monoisotopic (exact) mass is 573 g/mol. The molecule has 11 heteroatoms. The van der Waals surface area contributed by atoms with Crippen LogP contribution in [-0.2, 0) is 38.2 Å². The van der Waals surface area contributed by atoms with Crippen LogP contribution in [0.25, 0.3) is 0 Å². The van der Waals surface area contributed by atoms with Crippen molar-refractivity contribution in [2.24, 2.45) is 5.92 Å². The Kier molecular flexibility index (Phi) is 8.88. The molecule has 1 saturated carbocycles. The highest BCUT2D eigenvalue weighted by Gasteiger charge is 2.40. The predicted molar refractivity (Wildman–Crippen MR) is 152 cm³/mol. The second kappa shape index (κ2) is 12.3. The lowest BCUT2D eigenvalue weighted by Gasteiger charge is -2.32. The van der Waals surface area contributed by atoms with Crippen LogP contribution in [0.15, 0.2) is 30.3 Å². The third-order valence-corrected chi connectivity index (χ3v) is 10.6. The zero-order chi connectivity index (χ0) is 27.4. The number of aromatic nitrogens is 1. The van der Waals surface area contributed by atoms with E-state index in [0.717, 1.165) is 55.5 Å². The topological polar surface area (TPSA) is 134 Å². The maximum Gasteiger partial charge on any atom is 0.243 e. The molecule has 0 radical (unpaired) electrons. The number of anilines is 1. The van der Waals surface area contributed by atoms with Gasteiger partial charge in [0.2, 0.25) is 21.8 Å². The van der Waals surface area contributed by atoms with Crippen LogP contribution in [0.2, 0.25) is 0 Å². The van der Waals surface area contributed by atoms with Crippen LogP contribution in [0.3, 0.4) is 0 Å². The minimum atomic E-state index is -3.76. The molecule has 3 atom stereocenters. The molecule has 0 bridgehead atoms. The highest BCUT2D eigenvalue weighted by atomic mass is 32.2. The number of fused-ring (bicyclic) bond motifs is 1. The molecule has 2 fully saturated rings. The maximum absolute atomic E-state index is 13.9. The Morgan fingerprint density at radius 2 is 1.85 bits per heavy atom. The fourth-order valence-electron chi connectivity index (χ4n) is 6.33. The number of hydrogen-bond donors (Lipinski definition) is 3. The number of thiazole rings is 1. The van der Waals surface area contributed by atoms with Gasteiger partial charge in [-0.25, -0.2) is 18.1 Å². The van der Waals surface area contributed by atoms with E-state index in [2.05, 4.69) is 15.0 Å². The van der Waals surface area contributed by atoms with Gasteiger partial charge >= 0.3 is 0 Å². The first-order valence-corrected chi connectivity index (χ1v) is 16.6. The number of carbonyl (C=O) groups is 2. The number of nitrogens with one attached hydrogen (secondary N) is 2. The van der Waals surface area contributed by atoms with E-state index in [4.69, 9.17) is 5.73 Å². The smallest absolute Gasteiger partial charge is 0.243 e. The lowest BCUT2D eigenvalue weighted by molar-refractivity contribution is -0.140. The van der Waals surface area contributed by atoms with Gasteiger partial charge in [0.25, 0.3) is 0 Å². The third kappa shape index (κ3) is 7.18. The van der Waals surface area contributed by atoms with E-state index in [1.54, 1.807) is 29.2 Å². The Balaban J connectivity index is 1.27. The largest absolute Gasteiger partial charge is 0.375 e. The Labute approximate surface area is 235 Å². The number of nitrogens with zero attached hydrogens (tertiary/aromatic N) is 2. The lowest BCUT2D eigenvalue weighted by atomic mass is 9.84. The number of sulfonamides is 1. The van der Waals surface area contributed by atoms with E-state index in [9.17, 15) is 18.0 Å². The van der Waals surface area contributed by atoms with Gasteiger partial charge in [-0.2, -0.15) is 0 Å². The van der Waals surface area contributed by atoms with E-state index >= 15 is 0 Å². The molecule has 5 rings (SSSR count). The standard InChI is InChI=1S/C28H39N5O4S2/c29-28-31-22-14-13-21(17-25(22)38-28)30-26(34)24-12-7-15-33(24)27(35)23(16-19-8-3-1-4-9-19)32-39(36,37)18-20-10-5-2-6-11-20/h2,5-6,10-11,19,21,23-24,32H,1,3-4,7-9,12-18H2,(H2,29,31)(H,30,34)/t21?,23-,24+/m1/s1. The molecule has 9 nitrogen and oxygen atoms in total. The van der Waals surface area contributed by atoms with E-state index < -0.39 is 22.1 Å². The molecule has 1 aliphatic heterocycles. The van der Waals surface area contributed by atoms with Crippen LogP contribution < -0.4 is 15.8 Å². The predicted octanol–water partition coefficient (Wildman–Crippen LogP) is 3.15. The van der Waals surface area contributed by atoms with Gasteiger partial charge in [0.05, 0.1) is 11.4 Å². The number of aryl methyl sites for hydroxylation is 1. The van der Waals surface area contributed by atoms with Crippen molar-refractivity contribution in [1.82, 2.24) is 19.9 Å². The first kappa shape index (κ1) is 28.0. The SMILES string of the molecule is Nc1nc2c(s1)CC(NC(=O)[C@@H]1CCCN1C(=O)[C@@H](CC1CCCCC1)NS(=O)(=O)Cc1ccccc1)CC2. The van der Waals surface area contributed by atoms with Gasteiger partial charge in [-0.15, -0.1) is 11.3 Å². The second-order valence-corrected chi connectivity index (χ2v) is 14.1. The van der Waals surface area contributed by atoms with Gasteiger partial charge < -0.3 is 16.0 Å². The van der Waals surface area contributed by atoms with E-state index in [-0.39, 0.29) is 23.6 Å². The molecule has 0 spiro atoms. The van der Waals surface area contributed by atoms with Gasteiger partial charge in [-0.05, 0) is 43.6 Å². The molecular weight excluding hydrogens is 534 g/mol. The number of carbonyl (C=O) groups excluding carboxylic acids is 2. The van der Waals surface area contributed by atoms with Crippen LogP contribution in [0.1, 0.15) is 73.9 Å². The molecule has 2 aliphatic carbocycles. The molecular formula is C28H39N5O4S2.